The number of ketones is 1. The Labute approximate surface area is 127 Å². The van der Waals surface area contributed by atoms with Gasteiger partial charge in [0.15, 0.2) is 0 Å². The van der Waals surface area contributed by atoms with Gasteiger partial charge in [-0.25, -0.2) is 4.98 Å². The summed E-state index contributed by atoms with van der Waals surface area (Å²) in [5, 5.41) is 2.35. The summed E-state index contributed by atoms with van der Waals surface area (Å²) in [5.41, 5.74) is 0.332. The van der Waals surface area contributed by atoms with Crippen molar-refractivity contribution >= 4 is 23.6 Å². The van der Waals surface area contributed by atoms with Crippen LogP contribution < -0.4 is 10.9 Å². The largest absolute Gasteiger partial charge is 0.466 e. The third-order valence-corrected chi connectivity index (χ3v) is 2.77. The minimum atomic E-state index is -0.547. The van der Waals surface area contributed by atoms with E-state index >= 15 is 0 Å². The van der Waals surface area contributed by atoms with Crippen molar-refractivity contribution in [2.75, 3.05) is 11.9 Å². The molecule has 0 aliphatic rings. The number of hydrogen-bond acceptors (Lipinski definition) is 6. The lowest BCUT2D eigenvalue weighted by molar-refractivity contribution is -0.143. The summed E-state index contributed by atoms with van der Waals surface area (Å²) >= 11 is 0. The van der Waals surface area contributed by atoms with Crippen LogP contribution in [0.25, 0.3) is 0 Å². The molecule has 22 heavy (non-hydrogen) atoms. The number of carbonyl (C=O) groups is 3. The van der Waals surface area contributed by atoms with Gasteiger partial charge in [0.05, 0.1) is 13.0 Å². The van der Waals surface area contributed by atoms with E-state index in [1.165, 1.54) is 6.92 Å². The van der Waals surface area contributed by atoms with Gasteiger partial charge in [-0.3, -0.25) is 29.5 Å². The normalized spacial score (nSPS) is 10.1. The maximum absolute atomic E-state index is 12.0. The predicted molar refractivity (Wildman–Crippen MR) is 78.5 cm³/mol. The van der Waals surface area contributed by atoms with Crippen molar-refractivity contribution in [2.24, 2.45) is 0 Å². The van der Waals surface area contributed by atoms with E-state index in [0.717, 1.165) is 0 Å². The highest BCUT2D eigenvalue weighted by Gasteiger charge is 2.13. The number of aromatic nitrogens is 2. The molecule has 0 radical (unpaired) electrons. The molecule has 0 fully saturated rings. The number of rotatable bonds is 7. The van der Waals surface area contributed by atoms with E-state index in [4.69, 9.17) is 4.74 Å². The van der Waals surface area contributed by atoms with Crippen LogP contribution in [0.2, 0.25) is 0 Å². The molecular weight excluding hydrogens is 290 g/mol. The average Bonchev–Trinajstić information content (AvgIpc) is 2.36. The Kier molecular flexibility index (Phi) is 6.43. The van der Waals surface area contributed by atoms with Gasteiger partial charge < -0.3 is 4.74 Å². The molecule has 2 N–H and O–H groups in total. The molecule has 1 aromatic heterocycles. The number of nitrogens with zero attached hydrogens (tertiary/aromatic N) is 1. The fourth-order valence-electron chi connectivity index (χ4n) is 1.83. The molecule has 1 rings (SSSR count). The number of aromatic amines is 1. The molecule has 0 atom stereocenters. The molecule has 1 aromatic rings. The minimum absolute atomic E-state index is 0.0198. The van der Waals surface area contributed by atoms with Gasteiger partial charge in [-0.05, 0) is 27.2 Å². The van der Waals surface area contributed by atoms with Gasteiger partial charge in [-0.2, -0.15) is 0 Å². The Morgan fingerprint density at radius 2 is 2.00 bits per heavy atom. The molecular formula is C14H19N3O5. The van der Waals surface area contributed by atoms with Crippen LogP contribution in [-0.4, -0.2) is 34.2 Å². The van der Waals surface area contributed by atoms with Crippen molar-refractivity contribution in [2.45, 2.75) is 40.0 Å². The second-order valence-electron chi connectivity index (χ2n) is 4.71. The lowest BCUT2D eigenvalue weighted by atomic mass is 10.1. The highest BCUT2D eigenvalue weighted by Crippen LogP contribution is 2.06. The molecule has 0 aromatic carbocycles. The van der Waals surface area contributed by atoms with Crippen LogP contribution in [0.1, 0.15) is 37.9 Å². The van der Waals surface area contributed by atoms with E-state index in [1.807, 2.05) is 0 Å². The smallest absolute Gasteiger partial charge is 0.306 e. The van der Waals surface area contributed by atoms with Crippen LogP contribution in [0.3, 0.4) is 0 Å². The number of H-pyrrole nitrogens is 1. The topological polar surface area (TPSA) is 118 Å². The lowest BCUT2D eigenvalue weighted by Crippen LogP contribution is -2.23. The van der Waals surface area contributed by atoms with Crippen LogP contribution >= 0.6 is 0 Å². The Balaban J connectivity index is 2.79. The van der Waals surface area contributed by atoms with Gasteiger partial charge >= 0.3 is 5.97 Å². The first-order chi connectivity index (χ1) is 10.3. The van der Waals surface area contributed by atoms with E-state index in [-0.39, 0.29) is 43.6 Å². The zero-order valence-electron chi connectivity index (χ0n) is 12.8. The maximum Gasteiger partial charge on any atom is 0.306 e. The molecule has 0 bridgehead atoms. The number of carbonyl (C=O) groups excluding carboxylic acids is 3. The minimum Gasteiger partial charge on any atom is -0.466 e. The van der Waals surface area contributed by atoms with E-state index in [9.17, 15) is 19.2 Å². The highest BCUT2D eigenvalue weighted by molar-refractivity contribution is 6.02. The quantitative estimate of drug-likeness (QED) is 0.559. The van der Waals surface area contributed by atoms with E-state index < -0.39 is 11.5 Å². The number of anilines is 1. The van der Waals surface area contributed by atoms with E-state index in [0.29, 0.717) is 11.3 Å². The van der Waals surface area contributed by atoms with Crippen molar-refractivity contribution in [3.8, 4) is 0 Å². The van der Waals surface area contributed by atoms with Crippen molar-refractivity contribution in [1.82, 2.24) is 9.97 Å². The first-order valence-corrected chi connectivity index (χ1v) is 6.88. The summed E-state index contributed by atoms with van der Waals surface area (Å²) in [7, 11) is 0. The number of Topliss-reactive ketones (excluding diaryl/α,β-unsaturated/α-hetero) is 1. The fraction of sp³-hybridized carbons (Fsp3) is 0.500. The Morgan fingerprint density at radius 1 is 1.32 bits per heavy atom. The number of esters is 1. The standard InChI is InChI=1S/C14H19N3O5/c1-4-22-12(20)6-5-10-9(3)15-14(17-13(10)21)16-11(19)7-8(2)18/h4-7H2,1-3H3,(H2,15,16,17,19,21). The van der Waals surface area contributed by atoms with Crippen LogP contribution in [0.4, 0.5) is 5.95 Å². The molecule has 0 aliphatic heterocycles. The van der Waals surface area contributed by atoms with Crippen molar-refractivity contribution in [1.29, 1.82) is 0 Å². The molecule has 0 aliphatic carbocycles. The van der Waals surface area contributed by atoms with E-state index in [2.05, 4.69) is 15.3 Å². The van der Waals surface area contributed by atoms with Crippen LogP contribution in [0.5, 0.6) is 0 Å². The van der Waals surface area contributed by atoms with Crippen molar-refractivity contribution < 1.29 is 19.1 Å². The first kappa shape index (κ1) is 17.5. The Morgan fingerprint density at radius 3 is 2.55 bits per heavy atom. The molecule has 8 heteroatoms. The fourth-order valence-corrected chi connectivity index (χ4v) is 1.83. The summed E-state index contributed by atoms with van der Waals surface area (Å²) in [6, 6.07) is 0. The summed E-state index contributed by atoms with van der Waals surface area (Å²) in [4.78, 5) is 52.0. The lowest BCUT2D eigenvalue weighted by Gasteiger charge is -2.08. The third-order valence-electron chi connectivity index (χ3n) is 2.77. The molecule has 8 nitrogen and oxygen atoms in total. The van der Waals surface area contributed by atoms with Gasteiger partial charge in [0.1, 0.15) is 5.78 Å². The molecule has 0 spiro atoms. The SMILES string of the molecule is CCOC(=O)CCc1c(C)nc(NC(=O)CC(C)=O)[nH]c1=O. The predicted octanol–water partition coefficient (Wildman–Crippen LogP) is 0.492. The second-order valence-corrected chi connectivity index (χ2v) is 4.71. The monoisotopic (exact) mass is 309 g/mol. The van der Waals surface area contributed by atoms with Gasteiger partial charge in [0, 0.05) is 17.7 Å². The molecule has 0 saturated heterocycles. The number of hydrogen-bond donors (Lipinski definition) is 2. The number of ether oxygens (including phenoxy) is 1. The van der Waals surface area contributed by atoms with Gasteiger partial charge in [0.25, 0.3) is 5.56 Å². The summed E-state index contributed by atoms with van der Waals surface area (Å²) in [6.45, 7) is 4.89. The number of amides is 1. The molecule has 120 valence electrons. The van der Waals surface area contributed by atoms with Gasteiger partial charge in [-0.1, -0.05) is 0 Å². The third kappa shape index (κ3) is 5.47. The zero-order valence-corrected chi connectivity index (χ0v) is 12.8. The summed E-state index contributed by atoms with van der Waals surface area (Å²) < 4.78 is 4.80. The van der Waals surface area contributed by atoms with Gasteiger partial charge in [0.2, 0.25) is 11.9 Å². The molecule has 1 amide bonds. The van der Waals surface area contributed by atoms with E-state index in [1.54, 1.807) is 13.8 Å². The van der Waals surface area contributed by atoms with Gasteiger partial charge in [-0.15, -0.1) is 0 Å². The molecule has 1 heterocycles. The second kappa shape index (κ2) is 8.06. The highest BCUT2D eigenvalue weighted by atomic mass is 16.5. The number of nitrogens with one attached hydrogen (secondary N) is 2. The molecule has 0 unspecified atom stereocenters. The molecule has 0 saturated carbocycles. The van der Waals surface area contributed by atoms with Crippen molar-refractivity contribution in [3.05, 3.63) is 21.6 Å². The summed E-state index contributed by atoms with van der Waals surface area (Å²) in [6.07, 6.45) is -0.00246. The Bertz CT molecular complexity index is 636. The number of aryl methyl sites for hydroxylation is 1. The van der Waals surface area contributed by atoms with Crippen molar-refractivity contribution in [3.63, 3.8) is 0 Å². The first-order valence-electron chi connectivity index (χ1n) is 6.88. The average molecular weight is 309 g/mol. The van der Waals surface area contributed by atoms with Crippen LogP contribution in [-0.2, 0) is 25.5 Å². The Hall–Kier alpha value is -2.51. The summed E-state index contributed by atoms with van der Waals surface area (Å²) in [5.74, 6) is -1.24. The van der Waals surface area contributed by atoms with Crippen LogP contribution in [0.15, 0.2) is 4.79 Å². The maximum atomic E-state index is 12.0. The zero-order chi connectivity index (χ0) is 16.7. The van der Waals surface area contributed by atoms with Crippen LogP contribution in [0, 0.1) is 6.92 Å².